The number of carbonyl (C=O) groups excluding carboxylic acids is 1. The number of benzene rings is 3. The molecule has 1 aliphatic heterocycles. The van der Waals surface area contributed by atoms with Gasteiger partial charge >= 0.3 is 0 Å². The Morgan fingerprint density at radius 1 is 0.935 bits per heavy atom. The minimum atomic E-state index is -0.599. The second kappa shape index (κ2) is 7.33. The van der Waals surface area contributed by atoms with Crippen LogP contribution in [-0.4, -0.2) is 16.6 Å². The fraction of sp³-hybridized carbons (Fsp3) is 0.192. The molecule has 0 N–H and O–H groups in total. The van der Waals surface area contributed by atoms with E-state index in [1.807, 2.05) is 42.2 Å². The molecule has 152 valence electrons. The Hall–Kier alpha value is -3.49. The van der Waals surface area contributed by atoms with Gasteiger partial charge in [-0.05, 0) is 79.4 Å². The minimum Gasteiger partial charge on any atom is -0.303 e. The van der Waals surface area contributed by atoms with Gasteiger partial charge in [-0.25, -0.2) is 4.85 Å². The highest BCUT2D eigenvalue weighted by molar-refractivity contribution is 7.81. The summed E-state index contributed by atoms with van der Waals surface area (Å²) in [6.45, 7) is 9.17. The van der Waals surface area contributed by atoms with Crippen molar-refractivity contribution in [3.8, 4) is 11.1 Å². The Morgan fingerprint density at radius 2 is 1.58 bits per heavy atom. The van der Waals surface area contributed by atoms with E-state index in [0.717, 1.165) is 47.3 Å². The van der Waals surface area contributed by atoms with Gasteiger partial charge in [-0.2, -0.15) is 0 Å². The summed E-state index contributed by atoms with van der Waals surface area (Å²) in [5.41, 5.74) is 4.79. The molecule has 0 bridgehead atoms. The van der Waals surface area contributed by atoms with Gasteiger partial charge in [-0.3, -0.25) is 9.69 Å². The van der Waals surface area contributed by atoms with Crippen LogP contribution in [-0.2, 0) is 4.79 Å². The highest BCUT2D eigenvalue weighted by Crippen LogP contribution is 2.48. The van der Waals surface area contributed by atoms with Gasteiger partial charge in [0.05, 0.1) is 6.57 Å². The smallest absolute Gasteiger partial charge is 0.259 e. The standard InChI is InChI=1S/C26H21N3OS/c1-18-17-22(13-14-23(18)27-2)28-24(30)26(15-6-16-26)29(25(28)31)21-11-9-20(10-12-21)19-7-4-3-5-8-19/h3-5,7-14,17H,6,15-16H2,1H3. The molecule has 0 aromatic heterocycles. The third-order valence-corrected chi connectivity index (χ3v) is 6.75. The van der Waals surface area contributed by atoms with Crippen LogP contribution >= 0.6 is 12.2 Å². The van der Waals surface area contributed by atoms with Crippen molar-refractivity contribution in [3.05, 3.63) is 89.8 Å². The Balaban J connectivity index is 1.53. The zero-order valence-electron chi connectivity index (χ0n) is 17.2. The highest BCUT2D eigenvalue weighted by atomic mass is 32.1. The number of amides is 1. The van der Waals surface area contributed by atoms with E-state index in [4.69, 9.17) is 18.8 Å². The first kappa shape index (κ1) is 19.5. The first-order valence-electron chi connectivity index (χ1n) is 10.4. The van der Waals surface area contributed by atoms with Crippen LogP contribution < -0.4 is 9.80 Å². The summed E-state index contributed by atoms with van der Waals surface area (Å²) in [6.07, 6.45) is 2.60. The third kappa shape index (κ3) is 2.95. The van der Waals surface area contributed by atoms with Crippen molar-refractivity contribution < 1.29 is 4.79 Å². The van der Waals surface area contributed by atoms with E-state index in [1.165, 1.54) is 0 Å². The number of hydrogen-bond donors (Lipinski definition) is 0. The number of nitrogens with zero attached hydrogens (tertiary/aromatic N) is 3. The SMILES string of the molecule is [C-]#[N+]c1ccc(N2C(=O)C3(CCC3)N(c3ccc(-c4ccccc4)cc3)C2=S)cc1C. The molecule has 1 amide bonds. The molecule has 1 saturated heterocycles. The summed E-state index contributed by atoms with van der Waals surface area (Å²) in [4.78, 5) is 20.8. The van der Waals surface area contributed by atoms with E-state index in [9.17, 15) is 4.79 Å². The van der Waals surface area contributed by atoms with E-state index in [0.29, 0.717) is 10.8 Å². The van der Waals surface area contributed by atoms with Crippen molar-refractivity contribution in [2.45, 2.75) is 31.7 Å². The second-order valence-corrected chi connectivity index (χ2v) is 8.50. The van der Waals surface area contributed by atoms with Gasteiger partial charge in [0, 0.05) is 11.4 Å². The number of carbonyl (C=O) groups is 1. The van der Waals surface area contributed by atoms with Crippen LogP contribution in [0.25, 0.3) is 16.0 Å². The molecular formula is C26H21N3OS. The van der Waals surface area contributed by atoms with Crippen LogP contribution in [0.2, 0.25) is 0 Å². The quantitative estimate of drug-likeness (QED) is 0.367. The largest absolute Gasteiger partial charge is 0.303 e. The molecular weight excluding hydrogens is 402 g/mol. The van der Waals surface area contributed by atoms with Gasteiger partial charge in [-0.15, -0.1) is 0 Å². The number of anilines is 2. The molecule has 3 aromatic carbocycles. The molecule has 2 fully saturated rings. The molecule has 0 atom stereocenters. The van der Waals surface area contributed by atoms with Gasteiger partial charge in [-0.1, -0.05) is 48.5 Å². The van der Waals surface area contributed by atoms with Crippen LogP contribution in [0.4, 0.5) is 17.1 Å². The van der Waals surface area contributed by atoms with Crippen molar-refractivity contribution >= 4 is 40.3 Å². The summed E-state index contributed by atoms with van der Waals surface area (Å²) in [5.74, 6) is 0.0332. The number of hydrogen-bond acceptors (Lipinski definition) is 2. The summed E-state index contributed by atoms with van der Waals surface area (Å²) in [6, 6.07) is 24.0. The van der Waals surface area contributed by atoms with E-state index in [2.05, 4.69) is 41.2 Å². The van der Waals surface area contributed by atoms with E-state index in [-0.39, 0.29) is 5.91 Å². The van der Waals surface area contributed by atoms with Gasteiger partial charge < -0.3 is 4.90 Å². The molecule has 4 nitrogen and oxygen atoms in total. The number of rotatable bonds is 3. The monoisotopic (exact) mass is 423 g/mol. The zero-order valence-corrected chi connectivity index (χ0v) is 18.0. The maximum Gasteiger partial charge on any atom is 0.259 e. The minimum absolute atomic E-state index is 0.0332. The van der Waals surface area contributed by atoms with Crippen molar-refractivity contribution in [1.82, 2.24) is 0 Å². The van der Waals surface area contributed by atoms with Crippen LogP contribution in [0.1, 0.15) is 24.8 Å². The van der Waals surface area contributed by atoms with Gasteiger partial charge in [0.15, 0.2) is 10.8 Å². The summed E-state index contributed by atoms with van der Waals surface area (Å²) < 4.78 is 0. The van der Waals surface area contributed by atoms with Crippen LogP contribution in [0, 0.1) is 13.5 Å². The predicted octanol–water partition coefficient (Wildman–Crippen LogP) is 6.27. The molecule has 1 saturated carbocycles. The summed E-state index contributed by atoms with van der Waals surface area (Å²) in [5, 5.41) is 0.507. The Labute approximate surface area is 187 Å². The van der Waals surface area contributed by atoms with Crippen LogP contribution in [0.5, 0.6) is 0 Å². The first-order valence-corrected chi connectivity index (χ1v) is 10.8. The maximum absolute atomic E-state index is 13.6. The predicted molar refractivity (Wildman–Crippen MR) is 128 cm³/mol. The molecule has 31 heavy (non-hydrogen) atoms. The molecule has 1 heterocycles. The fourth-order valence-corrected chi connectivity index (χ4v) is 5.01. The lowest BCUT2D eigenvalue weighted by molar-refractivity contribution is -0.123. The summed E-state index contributed by atoms with van der Waals surface area (Å²) in [7, 11) is 0. The molecule has 0 radical (unpaired) electrons. The Bertz CT molecular complexity index is 1220. The molecule has 1 aliphatic carbocycles. The fourth-order valence-electron chi connectivity index (χ4n) is 4.55. The van der Waals surface area contributed by atoms with Crippen LogP contribution in [0.15, 0.2) is 72.8 Å². The normalized spacial score (nSPS) is 17.0. The number of thiocarbonyl (C=S) groups is 1. The molecule has 1 spiro atoms. The van der Waals surface area contributed by atoms with Crippen molar-refractivity contribution in [2.24, 2.45) is 0 Å². The van der Waals surface area contributed by atoms with E-state index >= 15 is 0 Å². The van der Waals surface area contributed by atoms with E-state index < -0.39 is 5.54 Å². The van der Waals surface area contributed by atoms with Gasteiger partial charge in [0.1, 0.15) is 5.54 Å². The van der Waals surface area contributed by atoms with E-state index in [1.54, 1.807) is 11.0 Å². The Kier molecular flexibility index (Phi) is 4.60. The van der Waals surface area contributed by atoms with Crippen LogP contribution in [0.3, 0.4) is 0 Å². The third-order valence-electron chi connectivity index (χ3n) is 6.38. The molecule has 2 aliphatic rings. The van der Waals surface area contributed by atoms with Gasteiger partial charge in [0.25, 0.3) is 5.91 Å². The lowest BCUT2D eigenvalue weighted by Crippen LogP contribution is -2.55. The summed E-state index contributed by atoms with van der Waals surface area (Å²) >= 11 is 5.85. The van der Waals surface area contributed by atoms with Crippen molar-refractivity contribution in [3.63, 3.8) is 0 Å². The molecule has 5 heteroatoms. The lowest BCUT2D eigenvalue weighted by atomic mass is 9.75. The Morgan fingerprint density at radius 3 is 2.16 bits per heavy atom. The highest BCUT2D eigenvalue weighted by Gasteiger charge is 2.59. The first-order chi connectivity index (χ1) is 15.0. The van der Waals surface area contributed by atoms with Crippen molar-refractivity contribution in [2.75, 3.05) is 9.80 Å². The second-order valence-electron chi connectivity index (χ2n) is 8.14. The average Bonchev–Trinajstić information content (AvgIpc) is 3.01. The average molecular weight is 424 g/mol. The molecule has 5 rings (SSSR count). The molecule has 0 unspecified atom stereocenters. The molecule has 3 aromatic rings. The maximum atomic E-state index is 13.6. The lowest BCUT2D eigenvalue weighted by Gasteiger charge is -2.43. The zero-order chi connectivity index (χ0) is 21.6. The van der Waals surface area contributed by atoms with Crippen molar-refractivity contribution in [1.29, 1.82) is 0 Å². The van der Waals surface area contributed by atoms with Gasteiger partial charge in [0.2, 0.25) is 0 Å². The topological polar surface area (TPSA) is 27.9 Å². The number of aryl methyl sites for hydroxylation is 1.